The maximum absolute atomic E-state index is 14.0. The van der Waals surface area contributed by atoms with E-state index in [1.54, 1.807) is 12.1 Å². The highest BCUT2D eigenvalue weighted by atomic mass is 19.1. The SMILES string of the molecule is CCNc1cc(Nc2ncc(N(C)C)c([N+](C)(C)CC(C)C3CCCCN3)n2)ccc1F. The lowest BCUT2D eigenvalue weighted by Crippen LogP contribution is -2.51. The highest BCUT2D eigenvalue weighted by Gasteiger charge is 2.32. The van der Waals surface area contributed by atoms with Crippen LogP contribution in [0.2, 0.25) is 0 Å². The normalized spacial score (nSPS) is 17.7. The number of rotatable bonds is 9. The first-order valence-electron chi connectivity index (χ1n) is 11.6. The fourth-order valence-corrected chi connectivity index (χ4v) is 4.54. The van der Waals surface area contributed by atoms with Crippen molar-refractivity contribution in [3.8, 4) is 0 Å². The van der Waals surface area contributed by atoms with Crippen LogP contribution in [0.1, 0.15) is 33.1 Å². The molecule has 176 valence electrons. The average Bonchev–Trinajstić information content (AvgIpc) is 2.76. The zero-order chi connectivity index (χ0) is 23.3. The molecule has 7 nitrogen and oxygen atoms in total. The molecule has 0 saturated carbocycles. The van der Waals surface area contributed by atoms with Crippen molar-refractivity contribution in [2.45, 2.75) is 39.2 Å². The monoisotopic (exact) mass is 444 g/mol. The summed E-state index contributed by atoms with van der Waals surface area (Å²) in [7, 11) is 8.45. The van der Waals surface area contributed by atoms with Crippen molar-refractivity contribution in [1.29, 1.82) is 0 Å². The van der Waals surface area contributed by atoms with Gasteiger partial charge in [-0.3, -0.25) is 4.48 Å². The van der Waals surface area contributed by atoms with E-state index >= 15 is 0 Å². The summed E-state index contributed by atoms with van der Waals surface area (Å²) in [5.74, 6) is 1.72. The molecule has 8 heteroatoms. The van der Waals surface area contributed by atoms with E-state index < -0.39 is 0 Å². The standard InChI is InChI=1S/C24H39FN7/c1-7-26-21-14-18(11-12-19(21)25)29-24-28-15-22(31(3)4)23(30-24)32(5,6)16-17(2)20-10-8-9-13-27-20/h11-12,14-15,17,20,26-27H,7-10,13,16H2,1-6H3,(H,28,29,30)/q+1. The van der Waals surface area contributed by atoms with Crippen LogP contribution in [0.3, 0.4) is 0 Å². The Hall–Kier alpha value is -2.45. The highest BCUT2D eigenvalue weighted by molar-refractivity contribution is 5.67. The molecule has 1 aliphatic heterocycles. The van der Waals surface area contributed by atoms with Crippen LogP contribution in [-0.4, -0.2) is 63.8 Å². The zero-order valence-electron chi connectivity index (χ0n) is 20.4. The molecule has 0 amide bonds. The van der Waals surface area contributed by atoms with Gasteiger partial charge in [-0.2, -0.15) is 4.98 Å². The third-order valence-electron chi connectivity index (χ3n) is 6.17. The summed E-state index contributed by atoms with van der Waals surface area (Å²) in [6.07, 6.45) is 5.67. The Morgan fingerprint density at radius 3 is 2.72 bits per heavy atom. The predicted octanol–water partition coefficient (Wildman–Crippen LogP) is 4.20. The van der Waals surface area contributed by atoms with Crippen LogP contribution in [-0.2, 0) is 0 Å². The second-order valence-corrected chi connectivity index (χ2v) is 9.55. The van der Waals surface area contributed by atoms with E-state index in [-0.39, 0.29) is 5.82 Å². The van der Waals surface area contributed by atoms with Crippen molar-refractivity contribution in [2.24, 2.45) is 5.92 Å². The van der Waals surface area contributed by atoms with E-state index in [1.165, 1.54) is 25.3 Å². The third kappa shape index (κ3) is 5.86. The van der Waals surface area contributed by atoms with Crippen molar-refractivity contribution in [3.63, 3.8) is 0 Å². The van der Waals surface area contributed by atoms with Crippen LogP contribution < -0.4 is 25.3 Å². The number of aromatic nitrogens is 2. The van der Waals surface area contributed by atoms with E-state index in [1.807, 2.05) is 27.2 Å². The number of halogens is 1. The van der Waals surface area contributed by atoms with Crippen molar-refractivity contribution in [3.05, 3.63) is 30.2 Å². The third-order valence-corrected chi connectivity index (χ3v) is 6.17. The minimum Gasteiger partial charge on any atom is -0.383 e. The minimum absolute atomic E-state index is 0.273. The number of hydrogen-bond donors (Lipinski definition) is 3. The van der Waals surface area contributed by atoms with Gasteiger partial charge >= 0.3 is 0 Å². The van der Waals surface area contributed by atoms with E-state index in [0.717, 1.165) is 30.3 Å². The maximum Gasteiger partial charge on any atom is 0.255 e. The quantitative estimate of drug-likeness (QED) is 0.504. The van der Waals surface area contributed by atoms with Gasteiger partial charge in [-0.15, -0.1) is 0 Å². The highest BCUT2D eigenvalue weighted by Crippen LogP contribution is 2.32. The Bertz CT molecular complexity index is 894. The second-order valence-electron chi connectivity index (χ2n) is 9.55. The number of nitrogens with zero attached hydrogens (tertiary/aromatic N) is 4. The van der Waals surface area contributed by atoms with Gasteiger partial charge in [-0.25, -0.2) is 9.37 Å². The predicted molar refractivity (Wildman–Crippen MR) is 134 cm³/mol. The van der Waals surface area contributed by atoms with Crippen LogP contribution in [0.4, 0.5) is 33.2 Å². The summed E-state index contributed by atoms with van der Waals surface area (Å²) in [5, 5.41) is 9.99. The Balaban J connectivity index is 1.86. The van der Waals surface area contributed by atoms with Crippen LogP contribution in [0.15, 0.2) is 24.4 Å². The van der Waals surface area contributed by atoms with Gasteiger partial charge in [0.05, 0.1) is 32.5 Å². The van der Waals surface area contributed by atoms with E-state index in [9.17, 15) is 4.39 Å². The van der Waals surface area contributed by atoms with Gasteiger partial charge in [0.1, 0.15) is 11.5 Å². The molecule has 1 aliphatic rings. The molecule has 3 N–H and O–H groups in total. The molecule has 32 heavy (non-hydrogen) atoms. The average molecular weight is 445 g/mol. The van der Waals surface area contributed by atoms with Crippen molar-refractivity contribution in [2.75, 3.05) is 63.4 Å². The Kier molecular flexibility index (Phi) is 7.90. The topological polar surface area (TPSA) is 65.1 Å². The number of piperidine rings is 1. The molecule has 0 spiro atoms. The molecule has 0 aliphatic carbocycles. The van der Waals surface area contributed by atoms with Gasteiger partial charge in [-0.1, -0.05) is 13.3 Å². The van der Waals surface area contributed by atoms with Gasteiger partial charge in [-0.05, 0) is 44.5 Å². The van der Waals surface area contributed by atoms with E-state index in [2.05, 4.69) is 46.9 Å². The summed E-state index contributed by atoms with van der Waals surface area (Å²) in [5.41, 5.74) is 2.21. The molecular weight excluding hydrogens is 405 g/mol. The van der Waals surface area contributed by atoms with Gasteiger partial charge in [0.2, 0.25) is 5.95 Å². The smallest absolute Gasteiger partial charge is 0.255 e. The largest absolute Gasteiger partial charge is 0.383 e. The molecule has 0 bridgehead atoms. The molecule has 1 aromatic carbocycles. The van der Waals surface area contributed by atoms with Crippen LogP contribution >= 0.6 is 0 Å². The molecule has 1 aromatic heterocycles. The molecule has 1 fully saturated rings. The second kappa shape index (κ2) is 10.4. The Morgan fingerprint density at radius 1 is 1.28 bits per heavy atom. The van der Waals surface area contributed by atoms with Gasteiger partial charge in [0.25, 0.3) is 5.82 Å². The fraction of sp³-hybridized carbons (Fsp3) is 0.583. The molecule has 2 atom stereocenters. The molecule has 0 radical (unpaired) electrons. The Morgan fingerprint density at radius 2 is 2.06 bits per heavy atom. The summed E-state index contributed by atoms with van der Waals surface area (Å²) < 4.78 is 14.6. The first-order chi connectivity index (χ1) is 15.2. The number of nitrogens with one attached hydrogen (secondary N) is 3. The number of hydrogen-bond acceptors (Lipinski definition) is 6. The van der Waals surface area contributed by atoms with Crippen molar-refractivity contribution < 1.29 is 4.39 Å². The van der Waals surface area contributed by atoms with Crippen LogP contribution in [0, 0.1) is 11.7 Å². The number of quaternary nitrogens is 1. The number of benzene rings is 1. The molecule has 2 aromatic rings. The van der Waals surface area contributed by atoms with Gasteiger partial charge in [0.15, 0.2) is 0 Å². The minimum atomic E-state index is -0.273. The molecule has 2 unspecified atom stereocenters. The van der Waals surface area contributed by atoms with E-state index in [0.29, 0.717) is 34.6 Å². The summed E-state index contributed by atoms with van der Waals surface area (Å²) >= 11 is 0. The van der Waals surface area contributed by atoms with Gasteiger partial charge in [0, 0.05) is 38.3 Å². The zero-order valence-corrected chi connectivity index (χ0v) is 20.4. The molecule has 2 heterocycles. The number of anilines is 4. The van der Waals surface area contributed by atoms with Crippen LogP contribution in [0.25, 0.3) is 0 Å². The summed E-state index contributed by atoms with van der Waals surface area (Å²) in [6.45, 7) is 7.01. The lowest BCUT2D eigenvalue weighted by molar-refractivity contribution is 0.245. The van der Waals surface area contributed by atoms with Gasteiger partial charge < -0.3 is 20.9 Å². The van der Waals surface area contributed by atoms with Crippen molar-refractivity contribution >= 4 is 28.8 Å². The lowest BCUT2D eigenvalue weighted by atomic mass is 9.92. The first kappa shape index (κ1) is 24.2. The maximum atomic E-state index is 14.0. The lowest BCUT2D eigenvalue weighted by Gasteiger charge is -2.37. The molecule has 1 saturated heterocycles. The molecule has 3 rings (SSSR count). The summed E-state index contributed by atoms with van der Waals surface area (Å²) in [6, 6.07) is 5.45. The summed E-state index contributed by atoms with van der Waals surface area (Å²) in [4.78, 5) is 11.5. The van der Waals surface area contributed by atoms with E-state index in [4.69, 9.17) is 4.98 Å². The van der Waals surface area contributed by atoms with Crippen molar-refractivity contribution in [1.82, 2.24) is 19.8 Å². The molecular formula is C24H39FN7+. The first-order valence-corrected chi connectivity index (χ1v) is 11.6. The fourth-order valence-electron chi connectivity index (χ4n) is 4.54. The van der Waals surface area contributed by atoms with Crippen LogP contribution in [0.5, 0.6) is 0 Å². The Labute approximate surface area is 192 Å².